The molecular formula is H12Al2Cl3Li. The molecule has 0 aromatic carbocycles. The van der Waals surface area contributed by atoms with Crippen molar-refractivity contribution in [3.63, 3.8) is 0 Å². The van der Waals surface area contributed by atoms with E-state index in [1.165, 1.54) is 0 Å². The molecule has 0 saturated heterocycles. The Labute approximate surface area is 92.8 Å². The van der Waals surface area contributed by atoms with E-state index in [0.717, 1.165) is 0 Å². The van der Waals surface area contributed by atoms with Crippen molar-refractivity contribution in [2.75, 3.05) is 0 Å². The van der Waals surface area contributed by atoms with Crippen LogP contribution in [0.15, 0.2) is 0 Å². The van der Waals surface area contributed by atoms with Gasteiger partial charge in [-0.15, -0.1) is 37.2 Å². The van der Waals surface area contributed by atoms with E-state index in [2.05, 4.69) is 0 Å². The predicted molar refractivity (Wildman–Crippen MR) is 44.8 cm³/mol. The Morgan fingerprint density at radius 1 is 0.833 bits per heavy atom. The average Bonchev–Trinajstić information content (AvgIpc) is 0. The summed E-state index contributed by atoms with van der Waals surface area (Å²) in [6.07, 6.45) is 0. The van der Waals surface area contributed by atoms with E-state index in [-0.39, 0.29) is 93.7 Å². The molecule has 0 unspecified atom stereocenters. The molecule has 6 heavy (non-hydrogen) atoms. The van der Waals surface area contributed by atoms with Crippen molar-refractivity contribution in [2.24, 2.45) is 0 Å². The van der Waals surface area contributed by atoms with Crippen LogP contribution < -0.4 is 18.9 Å². The van der Waals surface area contributed by atoms with E-state index < -0.39 is 0 Å². The smallest absolute Gasteiger partial charge is 1.00 e. The van der Waals surface area contributed by atoms with E-state index in [1.807, 2.05) is 0 Å². The maximum absolute atomic E-state index is 0. The Kier molecular flexibility index (Phi) is 631. The fourth-order valence-electron chi connectivity index (χ4n) is 0. The molecule has 6 heteroatoms. The third kappa shape index (κ3) is 31.2. The monoisotopic (exact) mass is 178 g/mol. The molecule has 0 radical (unpaired) electrons. The van der Waals surface area contributed by atoms with Crippen molar-refractivity contribution >= 4 is 71.9 Å². The first-order valence-electron chi connectivity index (χ1n) is 0. The second-order valence-electron chi connectivity index (χ2n) is 0. The van der Waals surface area contributed by atoms with Crippen LogP contribution in [-0.4, -0.2) is 34.7 Å². The summed E-state index contributed by atoms with van der Waals surface area (Å²) < 4.78 is 0. The van der Waals surface area contributed by atoms with Crippen molar-refractivity contribution in [3.8, 4) is 0 Å². The fraction of sp³-hybridized carbons (Fsp3) is 0. The van der Waals surface area contributed by atoms with Gasteiger partial charge < -0.3 is 1.43 Å². The van der Waals surface area contributed by atoms with E-state index in [9.17, 15) is 0 Å². The molecule has 0 heterocycles. The van der Waals surface area contributed by atoms with Crippen LogP contribution in [0.5, 0.6) is 0 Å². The molecule has 0 nitrogen and oxygen atoms in total. The second kappa shape index (κ2) is 50.1. The molecule has 0 N–H and O–H groups in total. The van der Waals surface area contributed by atoms with Gasteiger partial charge in [0.2, 0.25) is 0 Å². The average molecular weight is 179 g/mol. The van der Waals surface area contributed by atoms with Crippen LogP contribution in [0, 0.1) is 0 Å². The summed E-state index contributed by atoms with van der Waals surface area (Å²) in [6, 6.07) is 0. The Morgan fingerprint density at radius 2 is 0.833 bits per heavy atom. The summed E-state index contributed by atoms with van der Waals surface area (Å²) in [4.78, 5) is 0. The maximum atomic E-state index is 0. The van der Waals surface area contributed by atoms with E-state index >= 15 is 0 Å². The molecule has 0 spiro atoms. The van der Waals surface area contributed by atoms with Crippen LogP contribution in [0.2, 0.25) is 0 Å². The Bertz CT molecular complexity index is 15.2. The first kappa shape index (κ1) is 75.5. The maximum Gasteiger partial charge on any atom is 1.00 e. The summed E-state index contributed by atoms with van der Waals surface area (Å²) in [5.41, 5.74) is 0. The molecule has 0 bridgehead atoms. The molecule has 0 aliphatic heterocycles. The molecule has 0 rings (SSSR count). The molecule has 0 saturated carbocycles. The van der Waals surface area contributed by atoms with Crippen LogP contribution in [0.4, 0.5) is 0 Å². The van der Waals surface area contributed by atoms with Gasteiger partial charge >= 0.3 is 18.9 Å². The van der Waals surface area contributed by atoms with Crippen molar-refractivity contribution in [1.29, 1.82) is 0 Å². The van der Waals surface area contributed by atoms with Gasteiger partial charge in [-0.25, -0.2) is 0 Å². The van der Waals surface area contributed by atoms with E-state index in [0.29, 0.717) is 0 Å². The minimum absolute atomic E-state index is 0. The number of hydrogen-bond donors (Lipinski definition) is 0. The SMILES string of the molecule is Cl.Cl.Cl.[AlH3].[AlH3].[H-].[HH].[Li+]. The molecule has 0 aromatic heterocycles. The Balaban J connectivity index is 0. The molecular weight excluding hydrogens is 167 g/mol. The normalized spacial score (nSPS) is 0. The first-order chi connectivity index (χ1) is 0. The minimum atomic E-state index is 0. The Hall–Kier alpha value is 2.53. The van der Waals surface area contributed by atoms with Crippen LogP contribution in [-0.2, 0) is 0 Å². The Morgan fingerprint density at radius 3 is 0.833 bits per heavy atom. The number of rotatable bonds is 0. The van der Waals surface area contributed by atoms with Gasteiger partial charge in [0.1, 0.15) is 0 Å². The summed E-state index contributed by atoms with van der Waals surface area (Å²) in [5.74, 6) is 0. The molecule has 0 aliphatic carbocycles. The standard InChI is InChI=1S/2Al.3ClH.Li.H2.7H/h;;3*1H;;1H;;;;;;;/q;;;;;+1;;;;;;;;-1. The zero-order valence-electron chi connectivity index (χ0n) is 3.22. The van der Waals surface area contributed by atoms with E-state index in [4.69, 9.17) is 0 Å². The van der Waals surface area contributed by atoms with Gasteiger partial charge in [0.25, 0.3) is 0 Å². The summed E-state index contributed by atoms with van der Waals surface area (Å²) in [5, 5.41) is 0. The van der Waals surface area contributed by atoms with Gasteiger partial charge in [0, 0.05) is 1.43 Å². The molecule has 0 aliphatic rings. The summed E-state index contributed by atoms with van der Waals surface area (Å²) in [6.45, 7) is 0. The van der Waals surface area contributed by atoms with Gasteiger partial charge in [-0.05, 0) is 0 Å². The van der Waals surface area contributed by atoms with Gasteiger partial charge in [0.05, 0.1) is 0 Å². The zero-order valence-corrected chi connectivity index (χ0v) is 4.67. The van der Waals surface area contributed by atoms with Gasteiger partial charge in [-0.1, -0.05) is 0 Å². The van der Waals surface area contributed by atoms with Crippen LogP contribution in [0.1, 0.15) is 2.85 Å². The number of hydrogen-bond acceptors (Lipinski definition) is 0. The van der Waals surface area contributed by atoms with Crippen molar-refractivity contribution in [3.05, 3.63) is 0 Å². The largest absolute Gasteiger partial charge is 1.00 e. The predicted octanol–water partition coefficient (Wildman–Crippen LogP) is -3.74. The van der Waals surface area contributed by atoms with Crippen molar-refractivity contribution in [2.45, 2.75) is 0 Å². The first-order valence-corrected chi connectivity index (χ1v) is 0. The van der Waals surface area contributed by atoms with Crippen LogP contribution in [0.3, 0.4) is 0 Å². The molecule has 0 amide bonds. The molecule has 0 fully saturated rings. The van der Waals surface area contributed by atoms with Gasteiger partial charge in [-0.2, -0.15) is 0 Å². The second-order valence-corrected chi connectivity index (χ2v) is 0. The summed E-state index contributed by atoms with van der Waals surface area (Å²) in [7, 11) is 0. The van der Waals surface area contributed by atoms with Gasteiger partial charge in [0.15, 0.2) is 34.7 Å². The molecule has 0 atom stereocenters. The van der Waals surface area contributed by atoms with Crippen molar-refractivity contribution < 1.29 is 21.7 Å². The third-order valence-corrected chi connectivity index (χ3v) is 0. The topological polar surface area (TPSA) is 0 Å². The zero-order chi connectivity index (χ0) is 0. The quantitative estimate of drug-likeness (QED) is 0.335. The molecule has 40 valence electrons. The molecule has 0 aromatic rings. The van der Waals surface area contributed by atoms with Gasteiger partial charge in [-0.3, -0.25) is 0 Å². The van der Waals surface area contributed by atoms with Crippen LogP contribution >= 0.6 is 37.2 Å². The third-order valence-electron chi connectivity index (χ3n) is 0. The van der Waals surface area contributed by atoms with E-state index in [1.54, 1.807) is 0 Å². The number of halogens is 3. The summed E-state index contributed by atoms with van der Waals surface area (Å²) >= 11 is 0. The van der Waals surface area contributed by atoms with Crippen molar-refractivity contribution in [1.82, 2.24) is 0 Å². The fourth-order valence-corrected chi connectivity index (χ4v) is 0. The minimum Gasteiger partial charge on any atom is -1.00 e. The van der Waals surface area contributed by atoms with Crippen LogP contribution in [0.25, 0.3) is 0 Å².